The summed E-state index contributed by atoms with van der Waals surface area (Å²) in [5.41, 5.74) is -0.0556. The summed E-state index contributed by atoms with van der Waals surface area (Å²) in [5.74, 6) is 0.556. The molecule has 9 heavy (non-hydrogen) atoms. The smallest absolute Gasteiger partial charge is 0.118 e. The summed E-state index contributed by atoms with van der Waals surface area (Å²) in [5, 5.41) is 3.31. The fourth-order valence-electron chi connectivity index (χ4n) is 0.984. The van der Waals surface area contributed by atoms with Crippen molar-refractivity contribution in [3.63, 3.8) is 0 Å². The van der Waals surface area contributed by atoms with Gasteiger partial charge in [0.25, 0.3) is 0 Å². The molecule has 54 valence electrons. The normalized spacial score (nSPS) is 36.0. The highest BCUT2D eigenvalue weighted by Gasteiger charge is 2.32. The maximum Gasteiger partial charge on any atom is 0.118 e. The molecule has 1 aliphatic heterocycles. The van der Waals surface area contributed by atoms with Crippen LogP contribution in [0.15, 0.2) is 0 Å². The zero-order valence-electron chi connectivity index (χ0n) is 6.40. The van der Waals surface area contributed by atoms with Gasteiger partial charge in [-0.15, -0.1) is 0 Å². The van der Waals surface area contributed by atoms with Gasteiger partial charge in [-0.3, -0.25) is 5.32 Å². The van der Waals surface area contributed by atoms with E-state index in [-0.39, 0.29) is 5.72 Å². The standard InChI is InChI=1S/C7H15NO/c1-6(2)7(3)8-4-5-9-7/h6,8H,4-5H2,1-3H3/t7-/m0/s1. The van der Waals surface area contributed by atoms with Crippen molar-refractivity contribution in [2.24, 2.45) is 5.92 Å². The zero-order valence-corrected chi connectivity index (χ0v) is 6.40. The molecule has 0 spiro atoms. The van der Waals surface area contributed by atoms with Crippen LogP contribution in [0.1, 0.15) is 20.8 Å². The van der Waals surface area contributed by atoms with Gasteiger partial charge in [0.2, 0.25) is 0 Å². The van der Waals surface area contributed by atoms with Gasteiger partial charge in [-0.25, -0.2) is 0 Å². The Kier molecular flexibility index (Phi) is 1.78. The van der Waals surface area contributed by atoms with Crippen molar-refractivity contribution in [2.75, 3.05) is 13.2 Å². The summed E-state index contributed by atoms with van der Waals surface area (Å²) in [7, 11) is 0. The summed E-state index contributed by atoms with van der Waals surface area (Å²) in [6, 6.07) is 0. The predicted molar refractivity (Wildman–Crippen MR) is 37.2 cm³/mol. The van der Waals surface area contributed by atoms with Crippen LogP contribution in [0.4, 0.5) is 0 Å². The second kappa shape index (κ2) is 2.27. The van der Waals surface area contributed by atoms with E-state index in [0.29, 0.717) is 5.92 Å². The Morgan fingerprint density at radius 2 is 2.22 bits per heavy atom. The quantitative estimate of drug-likeness (QED) is 0.570. The molecule has 1 heterocycles. The van der Waals surface area contributed by atoms with Crippen molar-refractivity contribution >= 4 is 0 Å². The Bertz CT molecular complexity index is 95.1. The second-order valence-corrected chi connectivity index (χ2v) is 3.04. The molecule has 0 aromatic rings. The minimum Gasteiger partial charge on any atom is -0.359 e. The van der Waals surface area contributed by atoms with Gasteiger partial charge < -0.3 is 4.74 Å². The Labute approximate surface area is 56.6 Å². The van der Waals surface area contributed by atoms with Crippen LogP contribution in [0.3, 0.4) is 0 Å². The highest BCUT2D eigenvalue weighted by Crippen LogP contribution is 2.20. The molecule has 1 fully saturated rings. The van der Waals surface area contributed by atoms with E-state index in [1.807, 2.05) is 0 Å². The van der Waals surface area contributed by atoms with Crippen LogP contribution < -0.4 is 5.32 Å². The van der Waals surface area contributed by atoms with Gasteiger partial charge >= 0.3 is 0 Å². The van der Waals surface area contributed by atoms with E-state index in [9.17, 15) is 0 Å². The number of rotatable bonds is 1. The lowest BCUT2D eigenvalue weighted by atomic mass is 10.0. The minimum atomic E-state index is -0.0556. The van der Waals surface area contributed by atoms with Crippen LogP contribution in [0, 0.1) is 5.92 Å². The molecule has 0 saturated carbocycles. The third-order valence-electron chi connectivity index (χ3n) is 2.08. The molecular formula is C7H15NO. The molecule has 1 N–H and O–H groups in total. The van der Waals surface area contributed by atoms with E-state index in [4.69, 9.17) is 4.74 Å². The first-order valence-corrected chi connectivity index (χ1v) is 3.54. The molecule has 1 rings (SSSR count). The van der Waals surface area contributed by atoms with Crippen molar-refractivity contribution in [3.05, 3.63) is 0 Å². The van der Waals surface area contributed by atoms with Crippen molar-refractivity contribution in [3.8, 4) is 0 Å². The summed E-state index contributed by atoms with van der Waals surface area (Å²) in [4.78, 5) is 0. The van der Waals surface area contributed by atoms with Crippen LogP contribution in [0.25, 0.3) is 0 Å². The molecular weight excluding hydrogens is 114 g/mol. The first kappa shape index (κ1) is 7.03. The van der Waals surface area contributed by atoms with Gasteiger partial charge in [-0.2, -0.15) is 0 Å². The van der Waals surface area contributed by atoms with Crippen LogP contribution in [-0.4, -0.2) is 18.9 Å². The van der Waals surface area contributed by atoms with Crippen LogP contribution >= 0.6 is 0 Å². The first-order chi connectivity index (χ1) is 4.15. The van der Waals surface area contributed by atoms with Crippen molar-refractivity contribution < 1.29 is 4.74 Å². The van der Waals surface area contributed by atoms with Crippen LogP contribution in [-0.2, 0) is 4.74 Å². The number of nitrogens with one attached hydrogen (secondary N) is 1. The van der Waals surface area contributed by atoms with E-state index < -0.39 is 0 Å². The fourth-order valence-corrected chi connectivity index (χ4v) is 0.984. The minimum absolute atomic E-state index is 0.0556. The van der Waals surface area contributed by atoms with Crippen molar-refractivity contribution in [1.29, 1.82) is 0 Å². The molecule has 0 unspecified atom stereocenters. The van der Waals surface area contributed by atoms with E-state index >= 15 is 0 Å². The maximum atomic E-state index is 5.49. The first-order valence-electron chi connectivity index (χ1n) is 3.54. The summed E-state index contributed by atoms with van der Waals surface area (Å²) < 4.78 is 5.49. The van der Waals surface area contributed by atoms with E-state index in [2.05, 4.69) is 26.1 Å². The average Bonchev–Trinajstić information content (AvgIpc) is 2.16. The van der Waals surface area contributed by atoms with E-state index in [1.54, 1.807) is 0 Å². The molecule has 0 radical (unpaired) electrons. The molecule has 0 aromatic heterocycles. The Balaban J connectivity index is 2.51. The topological polar surface area (TPSA) is 21.3 Å². The Morgan fingerprint density at radius 3 is 2.44 bits per heavy atom. The molecule has 1 atom stereocenters. The third kappa shape index (κ3) is 1.25. The predicted octanol–water partition coefficient (Wildman–Crippen LogP) is 0.978. The lowest BCUT2D eigenvalue weighted by Crippen LogP contribution is -2.42. The van der Waals surface area contributed by atoms with Gasteiger partial charge in [0, 0.05) is 6.54 Å². The SMILES string of the molecule is CC(C)[C@@]1(C)NCCO1. The van der Waals surface area contributed by atoms with Crippen molar-refractivity contribution in [1.82, 2.24) is 5.32 Å². The molecule has 2 heteroatoms. The van der Waals surface area contributed by atoms with Crippen LogP contribution in [0.2, 0.25) is 0 Å². The second-order valence-electron chi connectivity index (χ2n) is 3.04. The fraction of sp³-hybridized carbons (Fsp3) is 1.00. The van der Waals surface area contributed by atoms with E-state index in [1.165, 1.54) is 0 Å². The maximum absolute atomic E-state index is 5.49. The molecule has 0 bridgehead atoms. The van der Waals surface area contributed by atoms with Crippen LogP contribution in [0.5, 0.6) is 0 Å². The van der Waals surface area contributed by atoms with Gasteiger partial charge in [0.05, 0.1) is 6.61 Å². The number of hydrogen-bond acceptors (Lipinski definition) is 2. The lowest BCUT2D eigenvalue weighted by molar-refractivity contribution is -0.0312. The number of hydrogen-bond donors (Lipinski definition) is 1. The molecule has 1 saturated heterocycles. The average molecular weight is 129 g/mol. The van der Waals surface area contributed by atoms with Gasteiger partial charge in [-0.05, 0) is 12.8 Å². The molecule has 0 aromatic carbocycles. The van der Waals surface area contributed by atoms with Gasteiger partial charge in [-0.1, -0.05) is 13.8 Å². The van der Waals surface area contributed by atoms with Crippen molar-refractivity contribution in [2.45, 2.75) is 26.5 Å². The lowest BCUT2D eigenvalue weighted by Gasteiger charge is -2.27. The monoisotopic (exact) mass is 129 g/mol. The van der Waals surface area contributed by atoms with Gasteiger partial charge in [0.1, 0.15) is 5.72 Å². The summed E-state index contributed by atoms with van der Waals surface area (Å²) in [6.07, 6.45) is 0. The largest absolute Gasteiger partial charge is 0.359 e. The highest BCUT2D eigenvalue weighted by molar-refractivity contribution is 4.80. The molecule has 1 aliphatic rings. The van der Waals surface area contributed by atoms with E-state index in [0.717, 1.165) is 13.2 Å². The van der Waals surface area contributed by atoms with Gasteiger partial charge in [0.15, 0.2) is 0 Å². The molecule has 2 nitrogen and oxygen atoms in total. The summed E-state index contributed by atoms with van der Waals surface area (Å²) >= 11 is 0. The summed E-state index contributed by atoms with van der Waals surface area (Å²) in [6.45, 7) is 8.28. The molecule has 0 aliphatic carbocycles. The number of ether oxygens (including phenoxy) is 1. The third-order valence-corrected chi connectivity index (χ3v) is 2.08. The zero-order chi connectivity index (χ0) is 6.91. The Hall–Kier alpha value is -0.0800. The Morgan fingerprint density at radius 1 is 1.56 bits per heavy atom. The highest BCUT2D eigenvalue weighted by atomic mass is 16.5. The molecule has 0 amide bonds.